The van der Waals surface area contributed by atoms with E-state index in [0.717, 1.165) is 65.7 Å². The maximum absolute atomic E-state index is 13.2. The number of ether oxygens (including phenoxy) is 2. The lowest BCUT2D eigenvalue weighted by molar-refractivity contribution is 0.00635. The minimum atomic E-state index is -0.0637. The fourth-order valence-electron chi connectivity index (χ4n) is 5.82. The molecule has 1 saturated heterocycles. The Labute approximate surface area is 222 Å². The second-order valence-corrected chi connectivity index (χ2v) is 11.6. The molecule has 1 aromatic carbocycles. The number of hydrogen-bond acceptors (Lipinski definition) is 7. The van der Waals surface area contributed by atoms with Gasteiger partial charge in [0, 0.05) is 50.4 Å². The van der Waals surface area contributed by atoms with Crippen molar-refractivity contribution in [3.63, 3.8) is 0 Å². The van der Waals surface area contributed by atoms with Crippen LogP contribution in [0.5, 0.6) is 0 Å². The average molecular weight is 517 g/mol. The minimum Gasteiger partial charge on any atom is -0.381 e. The van der Waals surface area contributed by atoms with Crippen LogP contribution in [0.25, 0.3) is 33.2 Å². The molecule has 9 heteroatoms. The predicted molar refractivity (Wildman–Crippen MR) is 147 cm³/mol. The highest BCUT2D eigenvalue weighted by Gasteiger charge is 2.34. The number of pyridine rings is 1. The van der Waals surface area contributed by atoms with E-state index in [-0.39, 0.29) is 17.8 Å². The first-order chi connectivity index (χ1) is 18.3. The van der Waals surface area contributed by atoms with Gasteiger partial charge in [0.05, 0.1) is 30.5 Å². The average Bonchev–Trinajstić information content (AvgIpc) is 3.37. The first-order valence-corrected chi connectivity index (χ1v) is 13.5. The monoisotopic (exact) mass is 516 g/mol. The van der Waals surface area contributed by atoms with E-state index >= 15 is 0 Å². The summed E-state index contributed by atoms with van der Waals surface area (Å²) in [5.41, 5.74) is 5.50. The number of benzene rings is 1. The molecule has 9 nitrogen and oxygen atoms in total. The third kappa shape index (κ3) is 4.63. The Kier molecular flexibility index (Phi) is 6.53. The van der Waals surface area contributed by atoms with Crippen molar-refractivity contribution in [3.05, 3.63) is 52.7 Å². The molecule has 2 aliphatic rings. The molecule has 1 saturated carbocycles. The largest absolute Gasteiger partial charge is 0.381 e. The van der Waals surface area contributed by atoms with E-state index in [1.807, 2.05) is 29.0 Å². The molecule has 6 rings (SSSR count). The van der Waals surface area contributed by atoms with E-state index in [9.17, 15) is 4.79 Å². The van der Waals surface area contributed by atoms with E-state index in [1.54, 1.807) is 18.7 Å². The van der Waals surface area contributed by atoms with Crippen LogP contribution in [-0.2, 0) is 23.1 Å². The summed E-state index contributed by atoms with van der Waals surface area (Å²) >= 11 is 0. The first-order valence-electron chi connectivity index (χ1n) is 13.5. The van der Waals surface area contributed by atoms with Crippen molar-refractivity contribution in [2.24, 2.45) is 12.5 Å². The maximum Gasteiger partial charge on any atom is 0.330 e. The van der Waals surface area contributed by atoms with Gasteiger partial charge >= 0.3 is 5.69 Å². The van der Waals surface area contributed by atoms with Crippen LogP contribution in [-0.4, -0.2) is 68.7 Å². The molecule has 0 bridgehead atoms. The van der Waals surface area contributed by atoms with Crippen molar-refractivity contribution < 1.29 is 9.47 Å². The zero-order valence-corrected chi connectivity index (χ0v) is 22.7. The third-order valence-corrected chi connectivity index (χ3v) is 8.25. The number of hydrogen-bond donors (Lipinski definition) is 0. The van der Waals surface area contributed by atoms with Crippen molar-refractivity contribution >= 4 is 22.1 Å². The summed E-state index contributed by atoms with van der Waals surface area (Å²) in [6, 6.07) is 10.3. The van der Waals surface area contributed by atoms with E-state index in [4.69, 9.17) is 9.47 Å². The normalized spacial score (nSPS) is 21.4. The van der Waals surface area contributed by atoms with Crippen LogP contribution in [0.2, 0.25) is 0 Å². The smallest absolute Gasteiger partial charge is 0.330 e. The van der Waals surface area contributed by atoms with Gasteiger partial charge in [-0.05, 0) is 55.0 Å². The molecule has 0 amide bonds. The second kappa shape index (κ2) is 9.87. The molecule has 0 spiro atoms. The van der Waals surface area contributed by atoms with E-state index < -0.39 is 0 Å². The topological polar surface area (TPSA) is 87.3 Å². The number of likely N-dealkylation sites (tertiary alicyclic amines) is 1. The summed E-state index contributed by atoms with van der Waals surface area (Å²) in [6.07, 6.45) is 4.98. The molecule has 0 atom stereocenters. The van der Waals surface area contributed by atoms with Crippen LogP contribution >= 0.6 is 0 Å². The van der Waals surface area contributed by atoms with Gasteiger partial charge in [-0.1, -0.05) is 26.0 Å². The number of imidazole rings is 1. The summed E-state index contributed by atoms with van der Waals surface area (Å²) < 4.78 is 14.9. The lowest BCUT2D eigenvalue weighted by atomic mass is 9.89. The number of fused-ring (bicyclic) bond motifs is 3. The zero-order chi connectivity index (χ0) is 26.4. The molecule has 200 valence electrons. The number of rotatable bonds is 8. The number of aromatic nitrogens is 5. The van der Waals surface area contributed by atoms with E-state index in [1.165, 1.54) is 6.42 Å². The highest BCUT2D eigenvalue weighted by atomic mass is 16.5. The lowest BCUT2D eigenvalue weighted by Crippen LogP contribution is -2.37. The van der Waals surface area contributed by atoms with Gasteiger partial charge in [-0.25, -0.2) is 4.79 Å². The summed E-state index contributed by atoms with van der Waals surface area (Å²) in [5.74, 6) is 0. The molecule has 2 fully saturated rings. The Balaban J connectivity index is 1.21. The van der Waals surface area contributed by atoms with Gasteiger partial charge in [-0.3, -0.25) is 14.1 Å². The third-order valence-electron chi connectivity index (χ3n) is 8.25. The van der Waals surface area contributed by atoms with Gasteiger partial charge in [0.1, 0.15) is 5.52 Å². The van der Waals surface area contributed by atoms with Gasteiger partial charge in [0.15, 0.2) is 5.65 Å². The Morgan fingerprint density at radius 1 is 1.11 bits per heavy atom. The van der Waals surface area contributed by atoms with Crippen LogP contribution in [0, 0.1) is 5.41 Å². The van der Waals surface area contributed by atoms with Crippen LogP contribution < -0.4 is 5.69 Å². The van der Waals surface area contributed by atoms with Gasteiger partial charge in [0.2, 0.25) is 0 Å². The van der Waals surface area contributed by atoms with Crippen molar-refractivity contribution in [1.82, 2.24) is 29.2 Å². The van der Waals surface area contributed by atoms with Gasteiger partial charge in [0.25, 0.3) is 0 Å². The van der Waals surface area contributed by atoms with E-state index in [0.29, 0.717) is 24.3 Å². The highest BCUT2D eigenvalue weighted by molar-refractivity contribution is 6.02. The zero-order valence-electron chi connectivity index (χ0n) is 22.7. The molecule has 4 heterocycles. The summed E-state index contributed by atoms with van der Waals surface area (Å²) in [7, 11) is 3.48. The van der Waals surface area contributed by atoms with Crippen molar-refractivity contribution in [3.8, 4) is 11.1 Å². The Morgan fingerprint density at radius 3 is 2.63 bits per heavy atom. The van der Waals surface area contributed by atoms with Gasteiger partial charge in [-0.15, -0.1) is 10.2 Å². The summed E-state index contributed by atoms with van der Waals surface area (Å²) in [4.78, 5) is 20.3. The number of nitrogens with zero attached hydrogens (tertiary/aromatic N) is 6. The van der Waals surface area contributed by atoms with Crippen molar-refractivity contribution in [2.45, 2.75) is 51.9 Å². The van der Waals surface area contributed by atoms with Crippen LogP contribution in [0.1, 0.15) is 44.8 Å². The lowest BCUT2D eigenvalue weighted by Gasteiger charge is -2.34. The quantitative estimate of drug-likeness (QED) is 0.328. The molecule has 4 aromatic rings. The Morgan fingerprint density at radius 2 is 1.92 bits per heavy atom. The standard InChI is InChI=1S/C29H36N6O3/c1-29(2)9-10-34(18-29)11-12-38-17-21-7-5-20(16-30-21)19-6-8-25-24(13-19)26-27(32-31-25)33(3)28(36)35(26)22-14-23(15-22)37-4/h5-8,13,16,22-23H,9-12,14-15,17-18H2,1-4H3/t22-,23-. The Hall–Kier alpha value is -3.14. The molecular formula is C29H36N6O3. The molecule has 3 aromatic heterocycles. The Bertz CT molecular complexity index is 1520. The van der Waals surface area contributed by atoms with Crippen LogP contribution in [0.4, 0.5) is 0 Å². The highest BCUT2D eigenvalue weighted by Crippen LogP contribution is 2.37. The number of aryl methyl sites for hydroxylation is 1. The minimum absolute atomic E-state index is 0.0637. The maximum atomic E-state index is 13.2. The molecule has 0 radical (unpaired) electrons. The van der Waals surface area contributed by atoms with Crippen molar-refractivity contribution in [1.29, 1.82) is 0 Å². The summed E-state index contributed by atoms with van der Waals surface area (Å²) in [6.45, 7) is 9.13. The van der Waals surface area contributed by atoms with Crippen molar-refractivity contribution in [2.75, 3.05) is 33.4 Å². The summed E-state index contributed by atoms with van der Waals surface area (Å²) in [5, 5.41) is 9.71. The molecule has 38 heavy (non-hydrogen) atoms. The van der Waals surface area contributed by atoms with E-state index in [2.05, 4.69) is 46.1 Å². The van der Waals surface area contributed by atoms with Crippen LogP contribution in [0.3, 0.4) is 0 Å². The van der Waals surface area contributed by atoms with Gasteiger partial charge in [-0.2, -0.15) is 0 Å². The molecule has 0 unspecified atom stereocenters. The fourth-order valence-corrected chi connectivity index (χ4v) is 5.82. The number of methoxy groups -OCH3 is 1. The molecule has 1 aliphatic carbocycles. The fraction of sp³-hybridized carbons (Fsp3) is 0.517. The first kappa shape index (κ1) is 25.2. The predicted octanol–water partition coefficient (Wildman–Crippen LogP) is 3.94. The van der Waals surface area contributed by atoms with Gasteiger partial charge < -0.3 is 14.4 Å². The second-order valence-electron chi connectivity index (χ2n) is 11.6. The SMILES string of the molecule is CO[C@H]1C[C@H](n2c(=O)n(C)c3nnc4ccc(-c5ccc(COCCN6CCC(C)(C)C6)nc5)cc4c32)C1. The molecule has 0 N–H and O–H groups in total. The molecule has 1 aliphatic heterocycles. The molecular weight excluding hydrogens is 480 g/mol. The van der Waals surface area contributed by atoms with Crippen LogP contribution in [0.15, 0.2) is 41.3 Å².